The van der Waals surface area contributed by atoms with Crippen LogP contribution >= 0.6 is 0 Å². The number of fused-ring (bicyclic) bond motifs is 1. The van der Waals surface area contributed by atoms with Crippen molar-refractivity contribution in [1.82, 2.24) is 14.3 Å². The van der Waals surface area contributed by atoms with E-state index in [1.807, 2.05) is 36.4 Å². The molecule has 208 valence electrons. The van der Waals surface area contributed by atoms with E-state index < -0.39 is 10.0 Å². The molecule has 1 aliphatic carbocycles. The highest BCUT2D eigenvalue weighted by Crippen LogP contribution is 2.35. The summed E-state index contributed by atoms with van der Waals surface area (Å²) in [4.78, 5) is 9.26. The first-order valence-electron chi connectivity index (χ1n) is 13.8. The fourth-order valence-corrected chi connectivity index (χ4v) is 6.71. The van der Waals surface area contributed by atoms with Crippen molar-refractivity contribution in [3.63, 3.8) is 0 Å². The van der Waals surface area contributed by atoms with E-state index in [2.05, 4.69) is 51.7 Å². The summed E-state index contributed by atoms with van der Waals surface area (Å²) in [7, 11) is -2.08. The summed E-state index contributed by atoms with van der Waals surface area (Å²) < 4.78 is 34.0. The lowest BCUT2D eigenvalue weighted by molar-refractivity contribution is 0.398. The summed E-state index contributed by atoms with van der Waals surface area (Å²) in [6.45, 7) is 1.07. The van der Waals surface area contributed by atoms with Crippen molar-refractivity contribution in [3.05, 3.63) is 115 Å². The summed E-state index contributed by atoms with van der Waals surface area (Å²) in [5, 5.41) is 4.43. The lowest BCUT2D eigenvalue weighted by atomic mass is 10.0. The highest BCUT2D eigenvalue weighted by Gasteiger charge is 2.38. The molecule has 0 radical (unpaired) electrons. The predicted molar refractivity (Wildman–Crippen MR) is 162 cm³/mol. The zero-order valence-corrected chi connectivity index (χ0v) is 23.7. The van der Waals surface area contributed by atoms with Gasteiger partial charge in [-0.3, -0.25) is 0 Å². The Hall–Kier alpha value is -4.27. The number of methoxy groups -OCH3 is 1. The van der Waals surface area contributed by atoms with Crippen LogP contribution in [0.25, 0.3) is 22.0 Å². The number of nitrogens with one attached hydrogen (secondary N) is 1. The Morgan fingerprint density at radius 3 is 2.37 bits per heavy atom. The monoisotopic (exact) mass is 564 g/mol. The van der Waals surface area contributed by atoms with Crippen LogP contribution in [0.5, 0.6) is 5.75 Å². The number of anilines is 1. The van der Waals surface area contributed by atoms with Crippen molar-refractivity contribution in [2.75, 3.05) is 19.0 Å². The molecule has 0 unspecified atom stereocenters. The van der Waals surface area contributed by atoms with Crippen LogP contribution in [0.1, 0.15) is 24.0 Å². The van der Waals surface area contributed by atoms with Gasteiger partial charge >= 0.3 is 0 Å². The fourth-order valence-electron chi connectivity index (χ4n) is 5.03. The highest BCUT2D eigenvalue weighted by molar-refractivity contribution is 7.89. The van der Waals surface area contributed by atoms with E-state index in [0.29, 0.717) is 12.3 Å². The van der Waals surface area contributed by atoms with Gasteiger partial charge in [-0.2, -0.15) is 4.31 Å². The molecular formula is C33H32N4O3S. The number of nitrogens with zero attached hydrogens (tertiary/aromatic N) is 3. The van der Waals surface area contributed by atoms with Crippen molar-refractivity contribution < 1.29 is 13.2 Å². The second-order valence-electron chi connectivity index (χ2n) is 10.3. The maximum atomic E-state index is 13.6. The number of benzene rings is 4. The molecule has 1 fully saturated rings. The van der Waals surface area contributed by atoms with Gasteiger partial charge in [0.15, 0.2) is 0 Å². The van der Waals surface area contributed by atoms with Crippen LogP contribution < -0.4 is 10.1 Å². The molecule has 1 heterocycles. The molecule has 0 spiro atoms. The Bertz CT molecular complexity index is 1760. The molecule has 8 heteroatoms. The molecule has 0 saturated heterocycles. The summed E-state index contributed by atoms with van der Waals surface area (Å²) >= 11 is 0. The first-order chi connectivity index (χ1) is 20.0. The molecule has 41 heavy (non-hydrogen) atoms. The minimum absolute atomic E-state index is 0.0214. The minimum atomic E-state index is -3.65. The highest BCUT2D eigenvalue weighted by atomic mass is 32.2. The number of ether oxygens (including phenoxy) is 1. The van der Waals surface area contributed by atoms with Gasteiger partial charge in [0, 0.05) is 24.5 Å². The van der Waals surface area contributed by atoms with E-state index in [1.54, 1.807) is 42.0 Å². The molecule has 6 rings (SSSR count). The van der Waals surface area contributed by atoms with Gasteiger partial charge in [-0.25, -0.2) is 18.4 Å². The Balaban J connectivity index is 1.24. The molecule has 0 aliphatic heterocycles. The average molecular weight is 565 g/mol. The van der Waals surface area contributed by atoms with Gasteiger partial charge in [-0.05, 0) is 84.0 Å². The van der Waals surface area contributed by atoms with Crippen LogP contribution in [0, 0.1) is 0 Å². The van der Waals surface area contributed by atoms with Crippen LogP contribution in [0.15, 0.2) is 108 Å². The third kappa shape index (κ3) is 6.09. The fraction of sp³-hybridized carbons (Fsp3) is 0.212. The third-order valence-corrected chi connectivity index (χ3v) is 9.32. The SMILES string of the molecule is COc1ccc(S(=O)(=O)N(Cc2cccc(-c3ccc4ncnc(NCCc5ccccc5)c4c3)c2)C2CC2)cc1. The van der Waals surface area contributed by atoms with Gasteiger partial charge in [-0.1, -0.05) is 54.6 Å². The van der Waals surface area contributed by atoms with Crippen LogP contribution in [0.4, 0.5) is 5.82 Å². The minimum Gasteiger partial charge on any atom is -0.497 e. The standard InChI is InChI=1S/C33H32N4O3S/c1-40-29-13-15-30(16-14-29)41(38,39)37(28-11-12-28)22-25-8-5-9-26(20-25)27-10-17-32-31(21-27)33(36-23-35-32)34-19-18-24-6-3-2-4-7-24/h2-10,13-17,20-21,23,28H,11-12,18-19,22H2,1H3,(H,34,35,36). The largest absolute Gasteiger partial charge is 0.497 e. The lowest BCUT2D eigenvalue weighted by Gasteiger charge is -2.22. The van der Waals surface area contributed by atoms with Crippen LogP contribution in [-0.4, -0.2) is 42.4 Å². The number of sulfonamides is 1. The molecule has 1 aliphatic rings. The Labute approximate surface area is 240 Å². The predicted octanol–water partition coefficient (Wildman–Crippen LogP) is 6.31. The summed E-state index contributed by atoms with van der Waals surface area (Å²) in [6, 6.07) is 31.3. The molecule has 1 N–H and O–H groups in total. The molecule has 0 atom stereocenters. The average Bonchev–Trinajstić information content (AvgIpc) is 3.86. The molecular weight excluding hydrogens is 532 g/mol. The lowest BCUT2D eigenvalue weighted by Crippen LogP contribution is -2.32. The van der Waals surface area contributed by atoms with Crippen LogP contribution in [0.3, 0.4) is 0 Å². The van der Waals surface area contributed by atoms with E-state index >= 15 is 0 Å². The molecule has 1 aromatic heterocycles. The van der Waals surface area contributed by atoms with Gasteiger partial charge in [0.25, 0.3) is 0 Å². The Morgan fingerprint density at radius 1 is 0.854 bits per heavy atom. The molecule has 0 bridgehead atoms. The van der Waals surface area contributed by atoms with Crippen molar-refractivity contribution in [3.8, 4) is 16.9 Å². The van der Waals surface area contributed by atoms with E-state index in [-0.39, 0.29) is 10.9 Å². The van der Waals surface area contributed by atoms with Gasteiger partial charge in [0.05, 0.1) is 17.5 Å². The number of hydrogen-bond donors (Lipinski definition) is 1. The van der Waals surface area contributed by atoms with Crippen molar-refractivity contribution in [2.45, 2.75) is 36.7 Å². The zero-order chi connectivity index (χ0) is 28.2. The molecule has 0 amide bonds. The summed E-state index contributed by atoms with van der Waals surface area (Å²) in [5.41, 5.74) is 5.12. The van der Waals surface area contributed by atoms with Gasteiger partial charge < -0.3 is 10.1 Å². The van der Waals surface area contributed by atoms with E-state index in [0.717, 1.165) is 59.2 Å². The smallest absolute Gasteiger partial charge is 0.243 e. The van der Waals surface area contributed by atoms with Gasteiger partial charge in [0.2, 0.25) is 10.0 Å². The van der Waals surface area contributed by atoms with Crippen molar-refractivity contribution in [1.29, 1.82) is 0 Å². The third-order valence-electron chi connectivity index (χ3n) is 7.40. The molecule has 4 aromatic carbocycles. The first kappa shape index (κ1) is 26.9. The normalized spacial score (nSPS) is 13.4. The van der Waals surface area contributed by atoms with Gasteiger partial charge in [-0.15, -0.1) is 0 Å². The molecule has 1 saturated carbocycles. The maximum absolute atomic E-state index is 13.6. The molecule has 5 aromatic rings. The first-order valence-corrected chi connectivity index (χ1v) is 15.2. The van der Waals surface area contributed by atoms with E-state index in [4.69, 9.17) is 4.74 Å². The number of aromatic nitrogens is 2. The zero-order valence-electron chi connectivity index (χ0n) is 22.9. The van der Waals surface area contributed by atoms with Gasteiger partial charge in [0.1, 0.15) is 17.9 Å². The van der Waals surface area contributed by atoms with Crippen LogP contribution in [-0.2, 0) is 23.0 Å². The quantitative estimate of drug-likeness (QED) is 0.202. The number of hydrogen-bond acceptors (Lipinski definition) is 6. The Morgan fingerprint density at radius 2 is 1.61 bits per heavy atom. The number of rotatable bonds is 11. The molecule has 7 nitrogen and oxygen atoms in total. The summed E-state index contributed by atoms with van der Waals surface area (Å²) in [5.74, 6) is 1.43. The topological polar surface area (TPSA) is 84.4 Å². The maximum Gasteiger partial charge on any atom is 0.243 e. The van der Waals surface area contributed by atoms with Crippen LogP contribution in [0.2, 0.25) is 0 Å². The second-order valence-corrected chi connectivity index (χ2v) is 12.2. The van der Waals surface area contributed by atoms with E-state index in [9.17, 15) is 8.42 Å². The second kappa shape index (κ2) is 11.7. The Kier molecular flexibility index (Phi) is 7.67. The van der Waals surface area contributed by atoms with Crippen molar-refractivity contribution >= 4 is 26.7 Å². The van der Waals surface area contributed by atoms with Crippen molar-refractivity contribution in [2.24, 2.45) is 0 Å². The summed E-state index contributed by atoms with van der Waals surface area (Å²) in [6.07, 6.45) is 4.23. The van der Waals surface area contributed by atoms with E-state index in [1.165, 1.54) is 5.56 Å².